The van der Waals surface area contributed by atoms with E-state index in [0.717, 1.165) is 12.4 Å². The topological polar surface area (TPSA) is 21.8 Å². The summed E-state index contributed by atoms with van der Waals surface area (Å²) in [6.07, 6.45) is 2.41. The molecule has 0 unspecified atom stereocenters. The molecule has 0 bridgehead atoms. The zero-order valence-corrected chi connectivity index (χ0v) is 9.26. The molecule has 1 saturated heterocycles. The fourth-order valence-electron chi connectivity index (χ4n) is 1.29. The van der Waals surface area contributed by atoms with Crippen LogP contribution in [0, 0.1) is 6.92 Å². The van der Waals surface area contributed by atoms with Crippen LogP contribution >= 0.6 is 11.8 Å². The second-order valence-corrected chi connectivity index (χ2v) is 4.25. The summed E-state index contributed by atoms with van der Waals surface area (Å²) in [6.45, 7) is 3.63. The van der Waals surface area contributed by atoms with Gasteiger partial charge in [-0.3, -0.25) is 0 Å². The van der Waals surface area contributed by atoms with E-state index in [1.807, 2.05) is 6.07 Å². The monoisotopic (exact) mass is 210 g/mol. The minimum atomic E-state index is 0.329. The highest BCUT2D eigenvalue weighted by molar-refractivity contribution is 7.98. The highest BCUT2D eigenvalue weighted by Gasteiger charge is 2.22. The number of epoxide rings is 1. The van der Waals surface area contributed by atoms with E-state index in [2.05, 4.69) is 25.3 Å². The summed E-state index contributed by atoms with van der Waals surface area (Å²) in [6, 6.07) is 6.19. The third-order valence-corrected chi connectivity index (χ3v) is 3.10. The highest BCUT2D eigenvalue weighted by Crippen LogP contribution is 2.24. The fourth-order valence-corrected chi connectivity index (χ4v) is 1.88. The molecule has 0 radical (unpaired) electrons. The van der Waals surface area contributed by atoms with Crippen molar-refractivity contribution in [2.24, 2.45) is 0 Å². The van der Waals surface area contributed by atoms with E-state index in [1.54, 1.807) is 11.8 Å². The van der Waals surface area contributed by atoms with Crippen molar-refractivity contribution in [3.63, 3.8) is 0 Å². The lowest BCUT2D eigenvalue weighted by molar-refractivity contribution is 0.263. The summed E-state index contributed by atoms with van der Waals surface area (Å²) in [5, 5.41) is 0. The minimum absolute atomic E-state index is 0.329. The summed E-state index contributed by atoms with van der Waals surface area (Å²) in [4.78, 5) is 1.31. The Morgan fingerprint density at radius 1 is 1.57 bits per heavy atom. The molecule has 0 N–H and O–H groups in total. The van der Waals surface area contributed by atoms with Gasteiger partial charge in [-0.05, 0) is 36.9 Å². The number of thioether (sulfide) groups is 1. The average molecular weight is 210 g/mol. The lowest BCUT2D eigenvalue weighted by Gasteiger charge is -2.07. The van der Waals surface area contributed by atoms with Gasteiger partial charge in [0.05, 0.1) is 6.61 Å². The van der Waals surface area contributed by atoms with Gasteiger partial charge in [0, 0.05) is 4.90 Å². The molecule has 0 aliphatic carbocycles. The molecular formula is C11H14O2S. The maximum absolute atomic E-state index is 5.58. The lowest BCUT2D eigenvalue weighted by Crippen LogP contribution is -2.04. The third-order valence-electron chi connectivity index (χ3n) is 2.20. The van der Waals surface area contributed by atoms with Crippen LogP contribution in [0.4, 0.5) is 0 Å². The number of rotatable bonds is 4. The van der Waals surface area contributed by atoms with Crippen molar-refractivity contribution in [3.8, 4) is 5.75 Å². The Labute approximate surface area is 88.6 Å². The molecule has 1 atom stereocenters. The van der Waals surface area contributed by atoms with E-state index in [9.17, 15) is 0 Å². The van der Waals surface area contributed by atoms with Crippen molar-refractivity contribution in [1.29, 1.82) is 0 Å². The smallest absolute Gasteiger partial charge is 0.119 e. The van der Waals surface area contributed by atoms with Gasteiger partial charge in [0.25, 0.3) is 0 Å². The maximum Gasteiger partial charge on any atom is 0.119 e. The summed E-state index contributed by atoms with van der Waals surface area (Å²) < 4.78 is 10.7. The molecule has 1 fully saturated rings. The van der Waals surface area contributed by atoms with E-state index in [0.29, 0.717) is 12.7 Å². The molecule has 1 aromatic rings. The number of hydrogen-bond acceptors (Lipinski definition) is 3. The van der Waals surface area contributed by atoms with E-state index in [-0.39, 0.29) is 0 Å². The van der Waals surface area contributed by atoms with Crippen LogP contribution in [-0.2, 0) is 4.74 Å². The molecule has 2 nitrogen and oxygen atoms in total. The van der Waals surface area contributed by atoms with Crippen LogP contribution in [0.2, 0.25) is 0 Å². The molecule has 0 spiro atoms. The van der Waals surface area contributed by atoms with E-state index < -0.39 is 0 Å². The highest BCUT2D eigenvalue weighted by atomic mass is 32.2. The van der Waals surface area contributed by atoms with Gasteiger partial charge >= 0.3 is 0 Å². The average Bonchev–Trinajstić information content (AvgIpc) is 2.98. The molecule has 1 heterocycles. The van der Waals surface area contributed by atoms with Gasteiger partial charge in [0.2, 0.25) is 0 Å². The first-order valence-corrected chi connectivity index (χ1v) is 5.91. The van der Waals surface area contributed by atoms with Crippen LogP contribution in [0.25, 0.3) is 0 Å². The van der Waals surface area contributed by atoms with Gasteiger partial charge in [0.15, 0.2) is 0 Å². The Morgan fingerprint density at radius 2 is 2.36 bits per heavy atom. The second kappa shape index (κ2) is 4.24. The number of ether oxygens (including phenoxy) is 2. The van der Waals surface area contributed by atoms with E-state index >= 15 is 0 Å². The summed E-state index contributed by atoms with van der Waals surface area (Å²) in [7, 11) is 0. The molecule has 2 rings (SSSR count). The van der Waals surface area contributed by atoms with E-state index in [1.165, 1.54) is 10.5 Å². The molecule has 1 aromatic carbocycles. The molecule has 0 amide bonds. The maximum atomic E-state index is 5.58. The van der Waals surface area contributed by atoms with Crippen molar-refractivity contribution in [2.45, 2.75) is 17.9 Å². The fraction of sp³-hybridized carbons (Fsp3) is 0.455. The quantitative estimate of drug-likeness (QED) is 0.563. The number of hydrogen-bond donors (Lipinski definition) is 0. The Hall–Kier alpha value is -0.670. The Balaban J connectivity index is 1.99. The van der Waals surface area contributed by atoms with Gasteiger partial charge in [-0.1, -0.05) is 0 Å². The Bertz CT molecular complexity index is 321. The first-order chi connectivity index (χ1) is 6.79. The van der Waals surface area contributed by atoms with Crippen LogP contribution in [0.3, 0.4) is 0 Å². The van der Waals surface area contributed by atoms with Crippen molar-refractivity contribution in [3.05, 3.63) is 23.8 Å². The zero-order chi connectivity index (χ0) is 9.97. The molecule has 0 aromatic heterocycles. The Morgan fingerprint density at radius 3 is 2.93 bits per heavy atom. The van der Waals surface area contributed by atoms with Gasteiger partial charge in [-0.15, -0.1) is 11.8 Å². The number of benzene rings is 1. The first kappa shape index (κ1) is 9.87. The second-order valence-electron chi connectivity index (χ2n) is 3.40. The summed E-state index contributed by atoms with van der Waals surface area (Å²) in [5.74, 6) is 0.941. The van der Waals surface area contributed by atoms with Gasteiger partial charge in [0.1, 0.15) is 18.5 Å². The standard InChI is InChI=1S/C11H14O2S/c1-8-5-9(3-4-11(8)14-2)12-6-10-7-13-10/h3-5,10H,6-7H2,1-2H3/t10-/m1/s1. The van der Waals surface area contributed by atoms with E-state index in [4.69, 9.17) is 9.47 Å². The molecule has 14 heavy (non-hydrogen) atoms. The molecule has 1 aliphatic rings. The van der Waals surface area contributed by atoms with Crippen molar-refractivity contribution < 1.29 is 9.47 Å². The lowest BCUT2D eigenvalue weighted by atomic mass is 10.2. The minimum Gasteiger partial charge on any atom is -0.491 e. The van der Waals surface area contributed by atoms with Crippen LogP contribution < -0.4 is 4.74 Å². The largest absolute Gasteiger partial charge is 0.491 e. The molecule has 76 valence electrons. The molecular weight excluding hydrogens is 196 g/mol. The predicted molar refractivity (Wildman–Crippen MR) is 58.2 cm³/mol. The van der Waals surface area contributed by atoms with Crippen LogP contribution in [0.5, 0.6) is 5.75 Å². The first-order valence-electron chi connectivity index (χ1n) is 4.68. The van der Waals surface area contributed by atoms with Crippen molar-refractivity contribution >= 4 is 11.8 Å². The predicted octanol–water partition coefficient (Wildman–Crippen LogP) is 2.49. The van der Waals surface area contributed by atoms with Gasteiger partial charge < -0.3 is 9.47 Å². The Kier molecular flexibility index (Phi) is 2.99. The summed E-state index contributed by atoms with van der Waals surface area (Å²) >= 11 is 1.76. The van der Waals surface area contributed by atoms with Crippen LogP contribution in [-0.4, -0.2) is 25.6 Å². The normalized spacial score (nSPS) is 19.4. The van der Waals surface area contributed by atoms with Gasteiger partial charge in [-0.25, -0.2) is 0 Å². The van der Waals surface area contributed by atoms with Crippen LogP contribution in [0.1, 0.15) is 5.56 Å². The van der Waals surface area contributed by atoms with Crippen LogP contribution in [0.15, 0.2) is 23.1 Å². The summed E-state index contributed by atoms with van der Waals surface area (Å²) in [5.41, 5.74) is 1.27. The van der Waals surface area contributed by atoms with Gasteiger partial charge in [-0.2, -0.15) is 0 Å². The zero-order valence-electron chi connectivity index (χ0n) is 8.45. The van der Waals surface area contributed by atoms with Crippen molar-refractivity contribution in [2.75, 3.05) is 19.5 Å². The molecule has 1 aliphatic heterocycles. The SMILES string of the molecule is CSc1ccc(OC[C@@H]2CO2)cc1C. The molecule has 0 saturated carbocycles. The molecule has 3 heteroatoms. The third kappa shape index (κ3) is 2.42. The number of aryl methyl sites for hydroxylation is 1. The van der Waals surface area contributed by atoms with Crippen molar-refractivity contribution in [1.82, 2.24) is 0 Å².